The van der Waals surface area contributed by atoms with Gasteiger partial charge in [0.2, 0.25) is 11.8 Å². The summed E-state index contributed by atoms with van der Waals surface area (Å²) in [7, 11) is 0. The highest BCUT2D eigenvalue weighted by atomic mass is 16.5. The van der Waals surface area contributed by atoms with Crippen molar-refractivity contribution < 1.29 is 19.4 Å². The van der Waals surface area contributed by atoms with Crippen molar-refractivity contribution >= 4 is 11.8 Å². The molecule has 0 aromatic rings. The smallest absolute Gasteiger partial charge is 0.224 e. The first-order valence-corrected chi connectivity index (χ1v) is 8.92. The first-order valence-electron chi connectivity index (χ1n) is 8.92. The highest BCUT2D eigenvalue weighted by Crippen LogP contribution is 2.50. The average Bonchev–Trinajstić information content (AvgIpc) is 2.98. The molecule has 2 saturated heterocycles. The van der Waals surface area contributed by atoms with Gasteiger partial charge in [-0.15, -0.1) is 0 Å². The van der Waals surface area contributed by atoms with Crippen molar-refractivity contribution in [3.05, 3.63) is 0 Å². The van der Waals surface area contributed by atoms with Gasteiger partial charge in [-0.1, -0.05) is 0 Å². The standard InChI is InChI=1S/C17H28N2O4/c1-2-23-14-12-13(20)17(14)6-10-19(11-7-17)16(22)5-9-18-8-3-4-15(18)21/h13-14,20H,2-12H2,1H3/t13-,14+/m1/s1. The van der Waals surface area contributed by atoms with Crippen LogP contribution >= 0.6 is 0 Å². The van der Waals surface area contributed by atoms with Gasteiger partial charge in [-0.3, -0.25) is 9.59 Å². The fraction of sp³-hybridized carbons (Fsp3) is 0.882. The first-order chi connectivity index (χ1) is 11.1. The maximum absolute atomic E-state index is 12.4. The Kier molecular flexibility index (Phi) is 4.92. The van der Waals surface area contributed by atoms with E-state index in [-0.39, 0.29) is 29.4 Å². The van der Waals surface area contributed by atoms with Gasteiger partial charge in [0.1, 0.15) is 0 Å². The number of piperidine rings is 1. The molecule has 1 spiro atoms. The van der Waals surface area contributed by atoms with Crippen molar-refractivity contribution in [2.75, 3.05) is 32.8 Å². The molecule has 2 amide bonds. The van der Waals surface area contributed by atoms with Crippen LogP contribution in [0.5, 0.6) is 0 Å². The molecule has 3 rings (SSSR count). The molecule has 0 bridgehead atoms. The lowest BCUT2D eigenvalue weighted by molar-refractivity contribution is -0.210. The second-order valence-corrected chi connectivity index (χ2v) is 7.04. The van der Waals surface area contributed by atoms with E-state index in [4.69, 9.17) is 4.74 Å². The fourth-order valence-electron chi connectivity index (χ4n) is 4.32. The van der Waals surface area contributed by atoms with Crippen LogP contribution in [-0.4, -0.2) is 71.7 Å². The van der Waals surface area contributed by atoms with E-state index in [0.717, 1.165) is 32.2 Å². The summed E-state index contributed by atoms with van der Waals surface area (Å²) in [5, 5.41) is 10.2. The normalized spacial score (nSPS) is 29.9. The Labute approximate surface area is 137 Å². The van der Waals surface area contributed by atoms with Gasteiger partial charge in [-0.2, -0.15) is 0 Å². The second-order valence-electron chi connectivity index (χ2n) is 7.04. The predicted octanol–water partition coefficient (Wildman–Crippen LogP) is 0.777. The molecule has 0 aromatic heterocycles. The lowest BCUT2D eigenvalue weighted by Crippen LogP contribution is -2.62. The maximum Gasteiger partial charge on any atom is 0.224 e. The van der Waals surface area contributed by atoms with Crippen molar-refractivity contribution in [2.24, 2.45) is 5.41 Å². The molecule has 2 heterocycles. The van der Waals surface area contributed by atoms with Crippen LogP contribution in [0.3, 0.4) is 0 Å². The highest BCUT2D eigenvalue weighted by Gasteiger charge is 2.56. The first kappa shape index (κ1) is 16.7. The molecule has 1 aliphatic carbocycles. The molecule has 1 saturated carbocycles. The third-order valence-electron chi connectivity index (χ3n) is 5.92. The molecular formula is C17H28N2O4. The Morgan fingerprint density at radius 2 is 2.09 bits per heavy atom. The molecule has 0 aromatic carbocycles. The maximum atomic E-state index is 12.4. The number of hydrogen-bond donors (Lipinski definition) is 1. The number of hydrogen-bond acceptors (Lipinski definition) is 4. The van der Waals surface area contributed by atoms with Crippen molar-refractivity contribution in [1.82, 2.24) is 9.80 Å². The Morgan fingerprint density at radius 1 is 1.35 bits per heavy atom. The minimum absolute atomic E-state index is 0.126. The minimum atomic E-state index is -0.293. The zero-order chi connectivity index (χ0) is 16.4. The van der Waals surface area contributed by atoms with Crippen molar-refractivity contribution in [2.45, 2.75) is 57.7 Å². The number of rotatable bonds is 5. The zero-order valence-corrected chi connectivity index (χ0v) is 14.0. The average molecular weight is 324 g/mol. The number of ether oxygens (including phenoxy) is 1. The van der Waals surface area contributed by atoms with E-state index in [0.29, 0.717) is 39.1 Å². The number of aliphatic hydroxyl groups excluding tert-OH is 1. The van der Waals surface area contributed by atoms with Crippen molar-refractivity contribution in [3.8, 4) is 0 Å². The monoisotopic (exact) mass is 324 g/mol. The number of aliphatic hydroxyl groups is 1. The highest BCUT2D eigenvalue weighted by molar-refractivity contribution is 5.80. The van der Waals surface area contributed by atoms with Crippen LogP contribution in [0.4, 0.5) is 0 Å². The number of carbonyl (C=O) groups is 2. The predicted molar refractivity (Wildman–Crippen MR) is 84.7 cm³/mol. The van der Waals surface area contributed by atoms with Crippen LogP contribution in [0.15, 0.2) is 0 Å². The van der Waals surface area contributed by atoms with E-state index >= 15 is 0 Å². The van der Waals surface area contributed by atoms with E-state index < -0.39 is 0 Å². The largest absolute Gasteiger partial charge is 0.392 e. The quantitative estimate of drug-likeness (QED) is 0.811. The Hall–Kier alpha value is -1.14. The van der Waals surface area contributed by atoms with Gasteiger partial charge in [0.05, 0.1) is 12.2 Å². The van der Waals surface area contributed by atoms with Crippen LogP contribution in [0.25, 0.3) is 0 Å². The summed E-state index contributed by atoms with van der Waals surface area (Å²) >= 11 is 0. The number of likely N-dealkylation sites (tertiary alicyclic amines) is 2. The number of nitrogens with zero attached hydrogens (tertiary/aromatic N) is 2. The van der Waals surface area contributed by atoms with Gasteiger partial charge >= 0.3 is 0 Å². The molecule has 0 unspecified atom stereocenters. The minimum Gasteiger partial charge on any atom is -0.392 e. The van der Waals surface area contributed by atoms with Crippen molar-refractivity contribution in [1.29, 1.82) is 0 Å². The summed E-state index contributed by atoms with van der Waals surface area (Å²) in [5.74, 6) is 0.300. The molecule has 1 N–H and O–H groups in total. The van der Waals surface area contributed by atoms with E-state index in [2.05, 4.69) is 0 Å². The molecule has 2 aliphatic heterocycles. The molecule has 6 nitrogen and oxygen atoms in total. The van der Waals surface area contributed by atoms with Gasteiger partial charge in [0.15, 0.2) is 0 Å². The summed E-state index contributed by atoms with van der Waals surface area (Å²) in [6, 6.07) is 0. The van der Waals surface area contributed by atoms with Gasteiger partial charge in [0.25, 0.3) is 0 Å². The lowest BCUT2D eigenvalue weighted by atomic mass is 9.58. The summed E-state index contributed by atoms with van der Waals surface area (Å²) in [6.07, 6.45) is 4.14. The Balaban J connectivity index is 1.46. The van der Waals surface area contributed by atoms with E-state index in [1.54, 1.807) is 4.90 Å². The van der Waals surface area contributed by atoms with Crippen molar-refractivity contribution in [3.63, 3.8) is 0 Å². The van der Waals surface area contributed by atoms with Crippen LogP contribution in [0.2, 0.25) is 0 Å². The zero-order valence-electron chi connectivity index (χ0n) is 14.0. The molecule has 3 fully saturated rings. The number of carbonyl (C=O) groups excluding carboxylic acids is 2. The summed E-state index contributed by atoms with van der Waals surface area (Å²) in [4.78, 5) is 27.6. The molecule has 130 valence electrons. The van der Waals surface area contributed by atoms with Gasteiger partial charge in [-0.25, -0.2) is 0 Å². The third-order valence-corrected chi connectivity index (χ3v) is 5.92. The molecule has 6 heteroatoms. The molecule has 0 radical (unpaired) electrons. The molecule has 23 heavy (non-hydrogen) atoms. The third kappa shape index (κ3) is 3.11. The summed E-state index contributed by atoms with van der Waals surface area (Å²) < 4.78 is 5.76. The van der Waals surface area contributed by atoms with Gasteiger partial charge in [0, 0.05) is 57.5 Å². The number of amides is 2. The van der Waals surface area contributed by atoms with Gasteiger partial charge in [-0.05, 0) is 26.2 Å². The van der Waals surface area contributed by atoms with Crippen LogP contribution in [-0.2, 0) is 14.3 Å². The van der Waals surface area contributed by atoms with E-state index in [1.165, 1.54) is 0 Å². The Bertz CT molecular complexity index is 458. The lowest BCUT2D eigenvalue weighted by Gasteiger charge is -2.56. The van der Waals surface area contributed by atoms with Gasteiger partial charge < -0.3 is 19.6 Å². The van der Waals surface area contributed by atoms with Crippen LogP contribution in [0, 0.1) is 5.41 Å². The van der Waals surface area contributed by atoms with E-state index in [1.807, 2.05) is 11.8 Å². The topological polar surface area (TPSA) is 70.1 Å². The Morgan fingerprint density at radius 3 is 2.65 bits per heavy atom. The fourth-order valence-corrected chi connectivity index (χ4v) is 4.32. The SMILES string of the molecule is CCO[C@H]1C[C@@H](O)C12CCN(C(=O)CCN1CCCC1=O)CC2. The molecule has 3 aliphatic rings. The molecular weight excluding hydrogens is 296 g/mol. The summed E-state index contributed by atoms with van der Waals surface area (Å²) in [6.45, 7) is 5.37. The van der Waals surface area contributed by atoms with E-state index in [9.17, 15) is 14.7 Å². The summed E-state index contributed by atoms with van der Waals surface area (Å²) in [5.41, 5.74) is -0.141. The second kappa shape index (κ2) is 6.77. The van der Waals surface area contributed by atoms with Crippen LogP contribution in [0.1, 0.15) is 45.4 Å². The van der Waals surface area contributed by atoms with Crippen LogP contribution < -0.4 is 0 Å². The molecule has 2 atom stereocenters.